The predicted octanol–water partition coefficient (Wildman–Crippen LogP) is 2.13. The molecule has 7 heteroatoms. The minimum absolute atomic E-state index is 0.0502. The van der Waals surface area contributed by atoms with E-state index in [1.807, 2.05) is 4.90 Å². The van der Waals surface area contributed by atoms with Crippen molar-refractivity contribution in [1.29, 1.82) is 0 Å². The molecule has 3 rings (SSSR count). The number of hydrogen-bond acceptors (Lipinski definition) is 4. The summed E-state index contributed by atoms with van der Waals surface area (Å²) in [4.78, 5) is 14.2. The molecule has 23 heavy (non-hydrogen) atoms. The number of rotatable bonds is 2. The van der Waals surface area contributed by atoms with Crippen LogP contribution in [-0.2, 0) is 4.79 Å². The van der Waals surface area contributed by atoms with Crippen molar-refractivity contribution in [3.8, 4) is 5.75 Å². The third-order valence-corrected chi connectivity index (χ3v) is 5.71. The zero-order chi connectivity index (χ0) is 16.6. The lowest BCUT2D eigenvalue weighted by Crippen LogP contribution is -2.61. The summed E-state index contributed by atoms with van der Waals surface area (Å²) in [5.41, 5.74) is 0.679. The molecule has 3 atom stereocenters. The van der Waals surface area contributed by atoms with Crippen LogP contribution in [0.15, 0.2) is 12.1 Å². The lowest BCUT2D eigenvalue weighted by atomic mass is 9.90. The zero-order valence-electron chi connectivity index (χ0n) is 12.6. The van der Waals surface area contributed by atoms with E-state index in [-0.39, 0.29) is 30.2 Å². The van der Waals surface area contributed by atoms with Crippen LogP contribution >= 0.6 is 23.2 Å². The van der Waals surface area contributed by atoms with Crippen LogP contribution in [0.1, 0.15) is 30.7 Å². The number of nitrogens with one attached hydrogen (secondary N) is 1. The molecule has 0 radical (unpaired) electrons. The normalized spacial score (nSPS) is 28.4. The largest absolute Gasteiger partial charge is 0.508 e. The van der Waals surface area contributed by atoms with Gasteiger partial charge in [-0.1, -0.05) is 23.2 Å². The molecule has 0 aromatic heterocycles. The van der Waals surface area contributed by atoms with Crippen molar-refractivity contribution >= 4 is 29.1 Å². The number of phenolic OH excluding ortho intramolecular Hbond substituents is 1. The highest BCUT2D eigenvalue weighted by atomic mass is 35.5. The molecular weight excluding hydrogens is 339 g/mol. The van der Waals surface area contributed by atoms with Gasteiger partial charge in [-0.15, -0.1) is 0 Å². The first kappa shape index (κ1) is 16.8. The van der Waals surface area contributed by atoms with E-state index in [1.165, 1.54) is 0 Å². The molecule has 5 nitrogen and oxygen atoms in total. The molecule has 0 spiro atoms. The van der Waals surface area contributed by atoms with E-state index < -0.39 is 6.04 Å². The molecule has 1 amide bonds. The fraction of sp³-hybridized carbons (Fsp3) is 0.562. The molecule has 2 aliphatic heterocycles. The monoisotopic (exact) mass is 358 g/mol. The number of benzene rings is 1. The maximum absolute atomic E-state index is 12.4. The van der Waals surface area contributed by atoms with Gasteiger partial charge in [-0.05, 0) is 37.3 Å². The fourth-order valence-corrected chi connectivity index (χ4v) is 4.09. The van der Waals surface area contributed by atoms with Crippen LogP contribution in [0.4, 0.5) is 0 Å². The van der Waals surface area contributed by atoms with Crippen LogP contribution in [0.2, 0.25) is 10.0 Å². The molecule has 126 valence electrons. The number of carbonyl (C=O) groups excluding carboxylic acids is 1. The molecule has 0 saturated carbocycles. The third kappa shape index (κ3) is 3.15. The van der Waals surface area contributed by atoms with Gasteiger partial charge < -0.3 is 20.4 Å². The first-order chi connectivity index (χ1) is 11.0. The van der Waals surface area contributed by atoms with Gasteiger partial charge in [0, 0.05) is 24.7 Å². The summed E-state index contributed by atoms with van der Waals surface area (Å²) in [6.07, 6.45) is 2.37. The Morgan fingerprint density at radius 1 is 1.26 bits per heavy atom. The van der Waals surface area contributed by atoms with E-state index in [9.17, 15) is 15.0 Å². The number of aliphatic hydroxyl groups excluding tert-OH is 1. The number of fused-ring (bicyclic) bond motifs is 1. The first-order valence-corrected chi connectivity index (χ1v) is 8.60. The molecule has 2 saturated heterocycles. The quantitative estimate of drug-likeness (QED) is 0.757. The summed E-state index contributed by atoms with van der Waals surface area (Å²) in [7, 11) is 0. The second-order valence-electron chi connectivity index (χ2n) is 6.19. The Hall–Kier alpha value is -1.01. The van der Waals surface area contributed by atoms with Crippen LogP contribution in [0.5, 0.6) is 5.75 Å². The van der Waals surface area contributed by atoms with Crippen molar-refractivity contribution in [3.05, 3.63) is 27.7 Å². The average Bonchev–Trinajstić information content (AvgIpc) is 2.75. The number of phenols is 1. The van der Waals surface area contributed by atoms with Gasteiger partial charge in [-0.3, -0.25) is 4.79 Å². The smallest absolute Gasteiger partial charge is 0.242 e. The predicted molar refractivity (Wildman–Crippen MR) is 89.1 cm³/mol. The Bertz CT molecular complexity index is 611. The van der Waals surface area contributed by atoms with Crippen molar-refractivity contribution in [1.82, 2.24) is 10.2 Å². The standard InChI is InChI=1S/C16H20Cl2N2O3/c17-11-3-4-13(22)14(15(11)18)9-1-2-10-7-19-12(8-21)16(23)20(10)6-5-9/h3-4,9-10,12,19,21-22H,1-2,5-8H2/t9-,10-,12-/m1/s1. The number of aromatic hydroxyl groups is 1. The van der Waals surface area contributed by atoms with E-state index in [0.29, 0.717) is 35.1 Å². The van der Waals surface area contributed by atoms with Gasteiger partial charge in [0.2, 0.25) is 5.91 Å². The summed E-state index contributed by atoms with van der Waals surface area (Å²) >= 11 is 12.4. The van der Waals surface area contributed by atoms with Crippen molar-refractivity contribution in [3.63, 3.8) is 0 Å². The lowest BCUT2D eigenvalue weighted by molar-refractivity contribution is -0.139. The number of hydrogen-bond donors (Lipinski definition) is 3. The van der Waals surface area contributed by atoms with E-state index in [1.54, 1.807) is 12.1 Å². The third-order valence-electron chi connectivity index (χ3n) is 4.89. The van der Waals surface area contributed by atoms with E-state index >= 15 is 0 Å². The van der Waals surface area contributed by atoms with Crippen molar-refractivity contribution in [2.45, 2.75) is 37.3 Å². The molecule has 0 aliphatic carbocycles. The number of amides is 1. The molecular formula is C16H20Cl2N2O3. The van der Waals surface area contributed by atoms with Crippen LogP contribution in [0, 0.1) is 0 Å². The highest BCUT2D eigenvalue weighted by Crippen LogP contribution is 2.42. The fourth-order valence-electron chi connectivity index (χ4n) is 3.62. The van der Waals surface area contributed by atoms with E-state index in [4.69, 9.17) is 23.2 Å². The molecule has 3 N–H and O–H groups in total. The molecule has 0 bridgehead atoms. The van der Waals surface area contributed by atoms with Crippen molar-refractivity contribution in [2.24, 2.45) is 0 Å². The van der Waals surface area contributed by atoms with Gasteiger partial charge in [0.1, 0.15) is 11.8 Å². The molecule has 2 fully saturated rings. The topological polar surface area (TPSA) is 72.8 Å². The minimum atomic E-state index is -0.508. The van der Waals surface area contributed by atoms with Gasteiger partial charge in [0.05, 0.1) is 16.7 Å². The van der Waals surface area contributed by atoms with Gasteiger partial charge in [0.15, 0.2) is 0 Å². The number of piperazine rings is 1. The van der Waals surface area contributed by atoms with Crippen molar-refractivity contribution < 1.29 is 15.0 Å². The number of nitrogens with zero attached hydrogens (tertiary/aromatic N) is 1. The summed E-state index contributed by atoms with van der Waals surface area (Å²) in [6, 6.07) is 2.76. The Kier molecular flexibility index (Phi) is 5.01. The Morgan fingerprint density at radius 3 is 2.78 bits per heavy atom. The first-order valence-electron chi connectivity index (χ1n) is 7.84. The van der Waals surface area contributed by atoms with Crippen LogP contribution in [0.25, 0.3) is 0 Å². The average molecular weight is 359 g/mol. The van der Waals surface area contributed by atoms with E-state index in [2.05, 4.69) is 5.32 Å². The van der Waals surface area contributed by atoms with Gasteiger partial charge in [-0.2, -0.15) is 0 Å². The maximum Gasteiger partial charge on any atom is 0.242 e. The van der Waals surface area contributed by atoms with Crippen LogP contribution in [-0.4, -0.2) is 52.8 Å². The SMILES string of the molecule is O=C1[C@@H](CO)NC[C@H]2CC[C@@H](c3c(O)ccc(Cl)c3Cl)CCN12. The highest BCUT2D eigenvalue weighted by Gasteiger charge is 2.37. The minimum Gasteiger partial charge on any atom is -0.508 e. The molecule has 1 aromatic carbocycles. The highest BCUT2D eigenvalue weighted by molar-refractivity contribution is 6.42. The Morgan fingerprint density at radius 2 is 2.04 bits per heavy atom. The van der Waals surface area contributed by atoms with Crippen molar-refractivity contribution in [2.75, 3.05) is 19.7 Å². The number of carbonyl (C=O) groups is 1. The number of halogens is 2. The Balaban J connectivity index is 1.82. The lowest BCUT2D eigenvalue weighted by Gasteiger charge is -2.38. The summed E-state index contributed by atoms with van der Waals surface area (Å²) in [5.74, 6) is 0.167. The maximum atomic E-state index is 12.4. The second kappa shape index (κ2) is 6.85. The summed E-state index contributed by atoms with van der Waals surface area (Å²) < 4.78 is 0. The molecule has 2 heterocycles. The molecule has 2 aliphatic rings. The molecule has 1 aromatic rings. The van der Waals surface area contributed by atoms with Gasteiger partial charge >= 0.3 is 0 Å². The zero-order valence-corrected chi connectivity index (χ0v) is 14.1. The molecule has 0 unspecified atom stereocenters. The summed E-state index contributed by atoms with van der Waals surface area (Å²) in [5, 5.41) is 23.4. The van der Waals surface area contributed by atoms with E-state index in [0.717, 1.165) is 12.8 Å². The summed E-state index contributed by atoms with van der Waals surface area (Å²) in [6.45, 7) is 1.08. The second-order valence-corrected chi connectivity index (χ2v) is 6.97. The Labute approximate surface area is 145 Å². The van der Waals surface area contributed by atoms with Crippen LogP contribution in [0.3, 0.4) is 0 Å². The van der Waals surface area contributed by atoms with Gasteiger partial charge in [-0.25, -0.2) is 0 Å². The van der Waals surface area contributed by atoms with Crippen LogP contribution < -0.4 is 5.32 Å². The van der Waals surface area contributed by atoms with Gasteiger partial charge in [0.25, 0.3) is 0 Å². The number of aliphatic hydroxyl groups is 1.